The standard InChI is InChI=1S/C22H30OSi.C17H30OSi/c1-5-8-19-14-18(15-20(9-6-2)22(19)23)12-13-24-21-11-7-10-16(3)17(21)4;1-6-8-15-12-14(10-11-19(3,4)5)13-16(9-7-2)17(15)18/h7,10-11,14-15,23H,5-6,8-9,12-13H2,1-4H3;12-13,18H,6-11H2,1-5H3. The van der Waals surface area contributed by atoms with E-state index in [0.717, 1.165) is 89.6 Å². The van der Waals surface area contributed by atoms with E-state index < -0.39 is 8.07 Å². The Labute approximate surface area is 268 Å². The van der Waals surface area contributed by atoms with Crippen LogP contribution in [0.4, 0.5) is 0 Å². The molecule has 0 saturated heterocycles. The van der Waals surface area contributed by atoms with Gasteiger partial charge in [-0.2, -0.15) is 0 Å². The summed E-state index contributed by atoms with van der Waals surface area (Å²) in [5.74, 6) is 1.10. The van der Waals surface area contributed by atoms with Gasteiger partial charge in [0.1, 0.15) is 11.5 Å². The van der Waals surface area contributed by atoms with Crippen molar-refractivity contribution in [1.29, 1.82) is 0 Å². The highest BCUT2D eigenvalue weighted by Crippen LogP contribution is 2.29. The Hall–Kier alpha value is -2.31. The van der Waals surface area contributed by atoms with Gasteiger partial charge in [0.25, 0.3) is 0 Å². The molecule has 4 heteroatoms. The summed E-state index contributed by atoms with van der Waals surface area (Å²) in [7, 11) is -0.132. The van der Waals surface area contributed by atoms with E-state index >= 15 is 0 Å². The number of rotatable bonds is 15. The van der Waals surface area contributed by atoms with Gasteiger partial charge in [-0.15, -0.1) is 0 Å². The van der Waals surface area contributed by atoms with Gasteiger partial charge in [0, 0.05) is 8.07 Å². The van der Waals surface area contributed by atoms with Crippen LogP contribution in [0.1, 0.15) is 97.9 Å². The average molecular weight is 617 g/mol. The maximum absolute atomic E-state index is 10.4. The van der Waals surface area contributed by atoms with Crippen LogP contribution in [0, 0.1) is 13.8 Å². The van der Waals surface area contributed by atoms with Crippen molar-refractivity contribution in [2.24, 2.45) is 0 Å². The first-order chi connectivity index (χ1) is 20.4. The third-order valence-electron chi connectivity index (χ3n) is 8.23. The molecule has 0 saturated carbocycles. The van der Waals surface area contributed by atoms with Crippen LogP contribution in [0.3, 0.4) is 0 Å². The maximum atomic E-state index is 10.4. The van der Waals surface area contributed by atoms with Crippen LogP contribution < -0.4 is 5.19 Å². The van der Waals surface area contributed by atoms with Gasteiger partial charge in [0.2, 0.25) is 0 Å². The smallest absolute Gasteiger partial charge is 0.121 e. The zero-order chi connectivity index (χ0) is 32.0. The van der Waals surface area contributed by atoms with Crippen LogP contribution in [0.2, 0.25) is 31.7 Å². The van der Waals surface area contributed by atoms with Gasteiger partial charge in [-0.05, 0) is 96.9 Å². The van der Waals surface area contributed by atoms with Crippen molar-refractivity contribution in [2.75, 3.05) is 0 Å². The lowest BCUT2D eigenvalue weighted by molar-refractivity contribution is 0.459. The Morgan fingerprint density at radius 3 is 1.42 bits per heavy atom. The van der Waals surface area contributed by atoms with Crippen LogP contribution in [0.15, 0.2) is 42.5 Å². The van der Waals surface area contributed by atoms with Crippen molar-refractivity contribution in [1.82, 2.24) is 0 Å². The topological polar surface area (TPSA) is 40.5 Å². The zero-order valence-corrected chi connectivity index (χ0v) is 30.9. The number of benzene rings is 3. The van der Waals surface area contributed by atoms with Gasteiger partial charge >= 0.3 is 0 Å². The fourth-order valence-corrected chi connectivity index (χ4v) is 7.99. The zero-order valence-electron chi connectivity index (χ0n) is 28.9. The van der Waals surface area contributed by atoms with Crippen LogP contribution in [0.5, 0.6) is 11.5 Å². The Morgan fingerprint density at radius 2 is 1.02 bits per heavy atom. The molecule has 2 nitrogen and oxygen atoms in total. The first-order valence-corrected chi connectivity index (χ1v) is 21.8. The number of aromatic hydroxyl groups is 2. The molecule has 0 bridgehead atoms. The minimum Gasteiger partial charge on any atom is -0.507 e. The molecule has 236 valence electrons. The van der Waals surface area contributed by atoms with Crippen LogP contribution in [0.25, 0.3) is 0 Å². The number of phenolic OH excluding ortho intramolecular Hbond substituents is 2. The lowest BCUT2D eigenvalue weighted by Crippen LogP contribution is -2.20. The van der Waals surface area contributed by atoms with Crippen molar-refractivity contribution in [3.63, 3.8) is 0 Å². The molecule has 0 aliphatic carbocycles. The number of hydrogen-bond acceptors (Lipinski definition) is 2. The maximum Gasteiger partial charge on any atom is 0.121 e. The quantitative estimate of drug-likeness (QED) is 0.167. The number of aryl methyl sites for hydroxylation is 7. The van der Waals surface area contributed by atoms with Crippen LogP contribution in [-0.2, 0) is 38.5 Å². The predicted molar refractivity (Wildman–Crippen MR) is 194 cm³/mol. The van der Waals surface area contributed by atoms with Crippen molar-refractivity contribution in [3.8, 4) is 11.5 Å². The molecule has 0 spiro atoms. The molecule has 3 aromatic rings. The summed E-state index contributed by atoms with van der Waals surface area (Å²) in [5, 5.41) is 22.3. The molecule has 0 aliphatic rings. The second kappa shape index (κ2) is 18.5. The van der Waals surface area contributed by atoms with E-state index in [1.807, 2.05) is 0 Å². The first-order valence-electron chi connectivity index (χ1n) is 16.9. The Kier molecular flexibility index (Phi) is 15.9. The van der Waals surface area contributed by atoms with E-state index in [9.17, 15) is 10.2 Å². The molecule has 3 aromatic carbocycles. The summed E-state index contributed by atoms with van der Waals surface area (Å²) in [4.78, 5) is 0. The Bertz CT molecular complexity index is 1220. The SMILES string of the molecule is CCCc1cc(CC[Si](C)(C)C)cc(CCC)c1O.CCCc1cc(CC[Si]c2cccc(C)c2C)cc(CCC)c1O. The highest BCUT2D eigenvalue weighted by molar-refractivity contribution is 6.76. The minimum atomic E-state index is -0.988. The Balaban J connectivity index is 0.000000309. The molecular formula is C39H60O2Si2. The fraction of sp³-hybridized carbons (Fsp3) is 0.538. The van der Waals surface area contributed by atoms with Gasteiger partial charge in [-0.3, -0.25) is 0 Å². The van der Waals surface area contributed by atoms with Gasteiger partial charge in [-0.1, -0.05) is 133 Å². The van der Waals surface area contributed by atoms with Crippen molar-refractivity contribution >= 4 is 22.8 Å². The lowest BCUT2D eigenvalue weighted by Gasteiger charge is -2.17. The third-order valence-corrected chi connectivity index (χ3v) is 11.4. The molecule has 0 unspecified atom stereocenters. The summed E-state index contributed by atoms with van der Waals surface area (Å²) in [6, 6.07) is 18.1. The normalized spacial score (nSPS) is 11.4. The van der Waals surface area contributed by atoms with E-state index in [2.05, 4.69) is 104 Å². The monoisotopic (exact) mass is 616 g/mol. The molecule has 0 aliphatic heterocycles. The lowest BCUT2D eigenvalue weighted by atomic mass is 9.97. The predicted octanol–water partition coefficient (Wildman–Crippen LogP) is 10.1. The van der Waals surface area contributed by atoms with Gasteiger partial charge in [-0.25, -0.2) is 0 Å². The molecule has 0 atom stereocenters. The molecule has 2 radical (unpaired) electrons. The molecule has 0 aromatic heterocycles. The second-order valence-electron chi connectivity index (χ2n) is 13.5. The van der Waals surface area contributed by atoms with Crippen molar-refractivity contribution in [2.45, 2.75) is 137 Å². The van der Waals surface area contributed by atoms with Crippen molar-refractivity contribution < 1.29 is 10.2 Å². The number of hydrogen-bond donors (Lipinski definition) is 2. The van der Waals surface area contributed by atoms with Gasteiger partial charge < -0.3 is 10.2 Å². The number of phenols is 2. The van der Waals surface area contributed by atoms with E-state index in [-0.39, 0.29) is 0 Å². The van der Waals surface area contributed by atoms with E-state index in [1.165, 1.54) is 45.9 Å². The molecule has 3 rings (SSSR count). The van der Waals surface area contributed by atoms with Gasteiger partial charge in [0.05, 0.1) is 9.52 Å². The summed E-state index contributed by atoms with van der Waals surface area (Å²) in [5.41, 5.74) is 10.2. The van der Waals surface area contributed by atoms with Crippen molar-refractivity contribution in [3.05, 3.63) is 87.0 Å². The first kappa shape index (κ1) is 36.9. The highest BCUT2D eigenvalue weighted by atomic mass is 28.3. The van der Waals surface area contributed by atoms with Gasteiger partial charge in [0.15, 0.2) is 0 Å². The van der Waals surface area contributed by atoms with E-state index in [4.69, 9.17) is 0 Å². The molecule has 43 heavy (non-hydrogen) atoms. The molecular weight excluding hydrogens is 557 g/mol. The molecule has 0 amide bonds. The molecule has 2 N–H and O–H groups in total. The second-order valence-corrected chi connectivity index (χ2v) is 20.5. The fourth-order valence-electron chi connectivity index (χ4n) is 5.60. The summed E-state index contributed by atoms with van der Waals surface area (Å²) >= 11 is 0. The Morgan fingerprint density at radius 1 is 0.605 bits per heavy atom. The average Bonchev–Trinajstić information content (AvgIpc) is 2.95. The van der Waals surface area contributed by atoms with E-state index in [1.54, 1.807) is 0 Å². The summed E-state index contributed by atoms with van der Waals surface area (Å²) in [6.07, 6.45) is 10.5. The van der Waals surface area contributed by atoms with Crippen LogP contribution in [-0.4, -0.2) is 27.8 Å². The molecule has 0 heterocycles. The van der Waals surface area contributed by atoms with Crippen LogP contribution >= 0.6 is 0 Å². The summed E-state index contributed by atoms with van der Waals surface area (Å²) in [6.45, 7) is 20.4. The summed E-state index contributed by atoms with van der Waals surface area (Å²) < 4.78 is 0. The highest BCUT2D eigenvalue weighted by Gasteiger charge is 2.15. The third kappa shape index (κ3) is 12.3. The molecule has 0 fully saturated rings. The van der Waals surface area contributed by atoms with E-state index in [0.29, 0.717) is 11.5 Å². The largest absolute Gasteiger partial charge is 0.507 e. The minimum absolute atomic E-state index is 0.541.